The number of nitrogens with zero attached hydrogens (tertiary/aromatic N) is 2. The maximum atomic E-state index is 12.9. The van der Waals surface area contributed by atoms with Gasteiger partial charge in [-0.2, -0.15) is 0 Å². The summed E-state index contributed by atoms with van der Waals surface area (Å²) in [4.78, 5) is 31.8. The fraction of sp³-hybridized carbons (Fsp3) is 0.281. The molecule has 1 atom stereocenters. The van der Waals surface area contributed by atoms with Gasteiger partial charge in [0.1, 0.15) is 16.5 Å². The van der Waals surface area contributed by atoms with E-state index in [1.807, 2.05) is 55.6 Å². The summed E-state index contributed by atoms with van der Waals surface area (Å²) in [5.74, 6) is 0.503. The first kappa shape index (κ1) is 29.6. The number of nitrogens with one attached hydrogen (secondary N) is 2. The molecule has 1 radical (unpaired) electrons. The Morgan fingerprint density at radius 1 is 1.12 bits per heavy atom. The highest BCUT2D eigenvalue weighted by atomic mass is 32.1. The number of phenols is 1. The molecule has 0 bridgehead atoms. The third kappa shape index (κ3) is 8.31. The number of carbonyl (C=O) groups is 2. The highest BCUT2D eigenvalue weighted by Gasteiger charge is 2.17. The van der Waals surface area contributed by atoms with Crippen LogP contribution in [-0.2, 0) is 19.5 Å². The molecule has 1 aromatic heterocycles. The molecule has 3 N–H and O–H groups in total. The summed E-state index contributed by atoms with van der Waals surface area (Å²) in [5, 5.41) is 19.6. The first-order valence-corrected chi connectivity index (χ1v) is 14.3. The van der Waals surface area contributed by atoms with Crippen molar-refractivity contribution in [2.45, 2.75) is 45.8 Å². The summed E-state index contributed by atoms with van der Waals surface area (Å²) in [6.07, 6.45) is 1.36. The minimum absolute atomic E-state index is 0.120. The van der Waals surface area contributed by atoms with Gasteiger partial charge in [-0.15, -0.1) is 11.3 Å². The lowest BCUT2D eigenvalue weighted by atomic mass is 10.0. The third-order valence-electron chi connectivity index (χ3n) is 6.61. The number of phenolic OH excluding ortho intramolecular Hbond substituents is 1. The van der Waals surface area contributed by atoms with Crippen molar-refractivity contribution in [2.75, 3.05) is 19.5 Å². The van der Waals surface area contributed by atoms with E-state index in [4.69, 9.17) is 4.74 Å². The van der Waals surface area contributed by atoms with E-state index in [0.717, 1.165) is 27.6 Å². The molecule has 4 rings (SSSR count). The average molecular weight is 572 g/mol. The highest BCUT2D eigenvalue weighted by Crippen LogP contribution is 2.26. The van der Waals surface area contributed by atoms with E-state index in [1.54, 1.807) is 43.3 Å². The van der Waals surface area contributed by atoms with Crippen molar-refractivity contribution >= 4 is 28.8 Å². The normalized spacial score (nSPS) is 11.5. The van der Waals surface area contributed by atoms with E-state index >= 15 is 0 Å². The number of aryl methyl sites for hydroxylation is 2. The number of aromatic nitrogens is 1. The van der Waals surface area contributed by atoms with Crippen molar-refractivity contribution in [1.82, 2.24) is 15.2 Å². The van der Waals surface area contributed by atoms with E-state index < -0.39 is 0 Å². The Labute approximate surface area is 245 Å². The van der Waals surface area contributed by atoms with Gasteiger partial charge in [0.25, 0.3) is 11.8 Å². The number of methoxy groups -OCH3 is 1. The van der Waals surface area contributed by atoms with Crippen LogP contribution < -0.4 is 15.4 Å². The van der Waals surface area contributed by atoms with Crippen molar-refractivity contribution < 1.29 is 19.4 Å². The van der Waals surface area contributed by atoms with Crippen LogP contribution >= 0.6 is 11.3 Å². The van der Waals surface area contributed by atoms with Crippen LogP contribution in [0, 0.1) is 13.0 Å². The van der Waals surface area contributed by atoms with Gasteiger partial charge in [-0.05, 0) is 86.3 Å². The van der Waals surface area contributed by atoms with Crippen molar-refractivity contribution in [3.8, 4) is 11.5 Å². The molecular weight excluding hydrogens is 536 g/mol. The summed E-state index contributed by atoms with van der Waals surface area (Å²) < 4.78 is 5.26. The molecule has 0 aliphatic heterocycles. The largest absolute Gasteiger partial charge is 0.506 e. The predicted octanol–water partition coefficient (Wildman–Crippen LogP) is 5.60. The maximum Gasteiger partial charge on any atom is 0.254 e. The molecule has 0 saturated heterocycles. The molecule has 1 heterocycles. The topological polar surface area (TPSA) is 104 Å². The number of thiazole rings is 1. The van der Waals surface area contributed by atoms with Gasteiger partial charge in [0.05, 0.1) is 19.3 Å². The Bertz CT molecular complexity index is 1500. The van der Waals surface area contributed by atoms with E-state index in [1.165, 1.54) is 11.3 Å². The van der Waals surface area contributed by atoms with Crippen LogP contribution in [0.5, 0.6) is 11.5 Å². The molecule has 41 heavy (non-hydrogen) atoms. The Morgan fingerprint density at radius 2 is 1.93 bits per heavy atom. The molecule has 213 valence electrons. The van der Waals surface area contributed by atoms with Crippen molar-refractivity contribution in [2.24, 2.45) is 0 Å². The Morgan fingerprint density at radius 3 is 2.66 bits per heavy atom. The minimum Gasteiger partial charge on any atom is -0.506 e. The molecule has 0 saturated carbocycles. The zero-order valence-electron chi connectivity index (χ0n) is 23.7. The summed E-state index contributed by atoms with van der Waals surface area (Å²) >= 11 is 1.51. The molecule has 0 aliphatic carbocycles. The lowest BCUT2D eigenvalue weighted by Crippen LogP contribution is -2.33. The highest BCUT2D eigenvalue weighted by molar-refractivity contribution is 7.09. The van der Waals surface area contributed by atoms with Crippen LogP contribution in [0.4, 0.5) is 5.69 Å². The number of rotatable bonds is 12. The number of benzene rings is 3. The monoisotopic (exact) mass is 571 g/mol. The van der Waals surface area contributed by atoms with Gasteiger partial charge in [-0.1, -0.05) is 18.2 Å². The Balaban J connectivity index is 1.27. The van der Waals surface area contributed by atoms with Crippen LogP contribution in [0.1, 0.15) is 55.9 Å². The number of aromatic hydroxyl groups is 1. The minimum atomic E-state index is -0.262. The van der Waals surface area contributed by atoms with Gasteiger partial charge in [0, 0.05) is 41.8 Å². The van der Waals surface area contributed by atoms with Crippen LogP contribution in [0.15, 0.2) is 66.0 Å². The van der Waals surface area contributed by atoms with Gasteiger partial charge < -0.3 is 25.4 Å². The summed E-state index contributed by atoms with van der Waals surface area (Å²) in [6, 6.07) is 20.9. The molecule has 0 aliphatic rings. The molecule has 0 fully saturated rings. The zero-order chi connectivity index (χ0) is 29.4. The van der Waals surface area contributed by atoms with Gasteiger partial charge in [-0.25, -0.2) is 4.98 Å². The summed E-state index contributed by atoms with van der Waals surface area (Å²) in [6.45, 7) is 4.81. The van der Waals surface area contributed by atoms with Crippen molar-refractivity contribution in [3.63, 3.8) is 0 Å². The lowest BCUT2D eigenvalue weighted by molar-refractivity contribution is 0.0785. The molecule has 1 unspecified atom stereocenters. The van der Waals surface area contributed by atoms with E-state index in [0.29, 0.717) is 42.7 Å². The number of carbonyl (C=O) groups excluding carboxylic acids is 2. The molecule has 2 amide bonds. The number of ether oxygens (including phenoxy) is 1. The second-order valence-electron chi connectivity index (χ2n) is 10.0. The molecule has 0 spiro atoms. The predicted molar refractivity (Wildman–Crippen MR) is 162 cm³/mol. The molecule has 9 heteroatoms. The number of hydrogen-bond acceptors (Lipinski definition) is 7. The SMILES string of the molecule is COc1cccc(CNc2ccc(CCC(C)NC(=O)c3c[c]cc(C(=O)N(C)Cc4nc(C)cs4)c3)cc2O)c1. The number of hydrogen-bond donors (Lipinski definition) is 3. The van der Waals surface area contributed by atoms with Crippen LogP contribution in [0.25, 0.3) is 0 Å². The molecule has 4 aromatic rings. The lowest BCUT2D eigenvalue weighted by Gasteiger charge is -2.17. The standard InChI is InChI=1S/C32H35N4O4S/c1-21(11-12-23-13-14-28(29(37)16-23)33-18-24-7-5-10-27(15-24)40-4)35-31(38)25-8-6-9-26(17-25)32(39)36(3)19-30-34-22(2)20-41-30/h5,7-10,13-17,20-21,33,37H,11-12,18-19H2,1-4H3,(H,35,38). The van der Waals surface area contributed by atoms with Crippen LogP contribution in [0.3, 0.4) is 0 Å². The van der Waals surface area contributed by atoms with Gasteiger partial charge in [0.2, 0.25) is 0 Å². The fourth-order valence-corrected chi connectivity index (χ4v) is 5.15. The molecule has 3 aromatic carbocycles. The Hall–Kier alpha value is -4.37. The van der Waals surface area contributed by atoms with E-state index in [-0.39, 0.29) is 23.6 Å². The number of amides is 2. The first-order valence-electron chi connectivity index (χ1n) is 13.4. The second kappa shape index (κ2) is 13.8. The number of anilines is 1. The Kier molecular flexibility index (Phi) is 9.97. The maximum absolute atomic E-state index is 12.9. The second-order valence-corrected chi connectivity index (χ2v) is 11.0. The summed E-state index contributed by atoms with van der Waals surface area (Å²) in [5.41, 5.74) is 4.37. The van der Waals surface area contributed by atoms with E-state index in [2.05, 4.69) is 21.7 Å². The summed E-state index contributed by atoms with van der Waals surface area (Å²) in [7, 11) is 3.35. The molecule has 8 nitrogen and oxygen atoms in total. The third-order valence-corrected chi connectivity index (χ3v) is 7.56. The van der Waals surface area contributed by atoms with Crippen molar-refractivity contribution in [1.29, 1.82) is 0 Å². The fourth-order valence-electron chi connectivity index (χ4n) is 4.32. The van der Waals surface area contributed by atoms with Crippen LogP contribution in [0.2, 0.25) is 0 Å². The van der Waals surface area contributed by atoms with Gasteiger partial charge >= 0.3 is 0 Å². The zero-order valence-corrected chi connectivity index (χ0v) is 24.5. The first-order chi connectivity index (χ1) is 19.7. The van der Waals surface area contributed by atoms with Gasteiger partial charge in [-0.3, -0.25) is 9.59 Å². The quantitative estimate of drug-likeness (QED) is 0.191. The smallest absolute Gasteiger partial charge is 0.254 e. The van der Waals surface area contributed by atoms with E-state index in [9.17, 15) is 14.7 Å². The van der Waals surface area contributed by atoms with Crippen molar-refractivity contribution in [3.05, 3.63) is 105 Å². The molecular formula is C32H35N4O4S. The average Bonchev–Trinajstić information content (AvgIpc) is 3.39. The van der Waals surface area contributed by atoms with Gasteiger partial charge in [0.15, 0.2) is 0 Å². The van der Waals surface area contributed by atoms with Crippen LogP contribution in [-0.4, -0.2) is 47.0 Å².